The number of nitrogens with zero attached hydrogens (tertiary/aromatic N) is 1. The summed E-state index contributed by atoms with van der Waals surface area (Å²) in [6.07, 6.45) is 7.99. The van der Waals surface area contributed by atoms with Crippen molar-refractivity contribution in [2.24, 2.45) is 5.92 Å². The van der Waals surface area contributed by atoms with Gasteiger partial charge in [-0.25, -0.2) is 0 Å². The fourth-order valence-corrected chi connectivity index (χ4v) is 2.20. The van der Waals surface area contributed by atoms with Gasteiger partial charge in [0.2, 0.25) is 0 Å². The molecule has 0 amide bonds. The summed E-state index contributed by atoms with van der Waals surface area (Å²) in [7, 11) is 1.61. The fourth-order valence-electron chi connectivity index (χ4n) is 2.20. The number of hydrogen-bond acceptors (Lipinski definition) is 3. The second-order valence-electron chi connectivity index (χ2n) is 4.89. The normalized spacial score (nSPS) is 19.9. The van der Waals surface area contributed by atoms with Crippen LogP contribution in [-0.2, 0) is 5.60 Å². The second kappa shape index (κ2) is 4.42. The summed E-state index contributed by atoms with van der Waals surface area (Å²) in [6.45, 7) is 1.86. The van der Waals surface area contributed by atoms with E-state index in [-0.39, 0.29) is 0 Å². The molecule has 0 aliphatic heterocycles. The molecule has 1 aromatic heterocycles. The Morgan fingerprint density at radius 3 is 2.81 bits per heavy atom. The molecular formula is C13H19NO2. The molecule has 0 saturated heterocycles. The molecule has 1 heterocycles. The van der Waals surface area contributed by atoms with Crippen LogP contribution in [0.1, 0.15) is 38.2 Å². The van der Waals surface area contributed by atoms with Gasteiger partial charge in [0.1, 0.15) is 5.75 Å². The Balaban J connectivity index is 2.13. The van der Waals surface area contributed by atoms with Crippen LogP contribution in [0.25, 0.3) is 0 Å². The number of hydrogen-bond donors (Lipinski definition) is 1. The first-order chi connectivity index (χ1) is 7.62. The zero-order chi connectivity index (χ0) is 11.6. The van der Waals surface area contributed by atoms with Gasteiger partial charge < -0.3 is 9.84 Å². The number of aliphatic hydroxyl groups is 1. The van der Waals surface area contributed by atoms with E-state index in [1.807, 2.05) is 13.0 Å². The molecule has 1 fully saturated rings. The third-order valence-corrected chi connectivity index (χ3v) is 3.48. The van der Waals surface area contributed by atoms with Crippen molar-refractivity contribution >= 4 is 0 Å². The Kier molecular flexibility index (Phi) is 3.15. The van der Waals surface area contributed by atoms with Crippen LogP contribution < -0.4 is 4.74 Å². The number of rotatable bonds is 4. The minimum absolute atomic E-state index is 0.668. The predicted octanol–water partition coefficient (Wildman–Crippen LogP) is 2.49. The fraction of sp³-hybridized carbons (Fsp3) is 0.615. The zero-order valence-electron chi connectivity index (χ0n) is 9.94. The molecule has 2 rings (SSSR count). The van der Waals surface area contributed by atoms with Crippen LogP contribution in [0.3, 0.4) is 0 Å². The van der Waals surface area contributed by atoms with E-state index < -0.39 is 5.60 Å². The molecule has 16 heavy (non-hydrogen) atoms. The van der Waals surface area contributed by atoms with E-state index in [2.05, 4.69) is 4.98 Å². The van der Waals surface area contributed by atoms with Crippen LogP contribution in [0.15, 0.2) is 18.5 Å². The van der Waals surface area contributed by atoms with E-state index in [1.54, 1.807) is 19.5 Å². The maximum absolute atomic E-state index is 10.4. The van der Waals surface area contributed by atoms with Gasteiger partial charge >= 0.3 is 0 Å². The summed E-state index contributed by atoms with van der Waals surface area (Å²) in [4.78, 5) is 4.09. The summed E-state index contributed by atoms with van der Waals surface area (Å²) in [5.74, 6) is 1.37. The summed E-state index contributed by atoms with van der Waals surface area (Å²) in [6, 6.07) is 1.87. The molecule has 1 atom stereocenters. The van der Waals surface area contributed by atoms with Gasteiger partial charge in [0.05, 0.1) is 18.9 Å². The van der Waals surface area contributed by atoms with Crippen LogP contribution in [-0.4, -0.2) is 17.2 Å². The van der Waals surface area contributed by atoms with E-state index in [0.29, 0.717) is 11.7 Å². The highest BCUT2D eigenvalue weighted by Crippen LogP contribution is 2.38. The third kappa shape index (κ3) is 2.35. The standard InChI is InChI=1S/C13H19NO2/c1-13(15,7-10-4-3-5-10)11-6-12(16-2)9-14-8-11/h6,8-10,15H,3-5,7H2,1-2H3. The van der Waals surface area contributed by atoms with Gasteiger partial charge in [0.15, 0.2) is 0 Å². The molecule has 1 aliphatic carbocycles. The highest BCUT2D eigenvalue weighted by atomic mass is 16.5. The Morgan fingerprint density at radius 2 is 2.25 bits per heavy atom. The summed E-state index contributed by atoms with van der Waals surface area (Å²) in [5.41, 5.74) is 0.0610. The van der Waals surface area contributed by atoms with Crippen molar-refractivity contribution < 1.29 is 9.84 Å². The molecule has 3 heteroatoms. The van der Waals surface area contributed by atoms with Crippen molar-refractivity contribution in [1.82, 2.24) is 4.98 Å². The van der Waals surface area contributed by atoms with Crippen molar-refractivity contribution in [3.05, 3.63) is 24.0 Å². The molecule has 1 aliphatic rings. The van der Waals surface area contributed by atoms with Gasteiger partial charge in [0.25, 0.3) is 0 Å². The van der Waals surface area contributed by atoms with Crippen LogP contribution in [0.5, 0.6) is 5.75 Å². The van der Waals surface area contributed by atoms with E-state index in [4.69, 9.17) is 4.74 Å². The van der Waals surface area contributed by atoms with Gasteiger partial charge in [0, 0.05) is 11.8 Å². The number of ether oxygens (including phenoxy) is 1. The highest BCUT2D eigenvalue weighted by Gasteiger charge is 2.30. The van der Waals surface area contributed by atoms with Crippen LogP contribution in [0.2, 0.25) is 0 Å². The molecule has 0 radical (unpaired) electrons. The zero-order valence-corrected chi connectivity index (χ0v) is 9.94. The Bertz CT molecular complexity index is 359. The van der Waals surface area contributed by atoms with Crippen molar-refractivity contribution in [3.63, 3.8) is 0 Å². The Hall–Kier alpha value is -1.09. The van der Waals surface area contributed by atoms with Gasteiger partial charge in [-0.3, -0.25) is 4.98 Å². The van der Waals surface area contributed by atoms with Gasteiger partial charge in [-0.15, -0.1) is 0 Å². The Labute approximate surface area is 96.5 Å². The topological polar surface area (TPSA) is 42.4 Å². The quantitative estimate of drug-likeness (QED) is 0.849. The summed E-state index contributed by atoms with van der Waals surface area (Å²) < 4.78 is 5.12. The lowest BCUT2D eigenvalue weighted by molar-refractivity contribution is 0.0157. The van der Waals surface area contributed by atoms with Crippen molar-refractivity contribution in [3.8, 4) is 5.75 Å². The number of pyridine rings is 1. The lowest BCUT2D eigenvalue weighted by Gasteiger charge is -2.33. The largest absolute Gasteiger partial charge is 0.495 e. The highest BCUT2D eigenvalue weighted by molar-refractivity contribution is 5.27. The summed E-state index contributed by atoms with van der Waals surface area (Å²) in [5, 5.41) is 10.4. The average molecular weight is 221 g/mol. The minimum atomic E-state index is -0.785. The molecule has 0 spiro atoms. The maximum atomic E-state index is 10.4. The van der Waals surface area contributed by atoms with Crippen molar-refractivity contribution in [2.45, 2.75) is 38.2 Å². The lowest BCUT2D eigenvalue weighted by atomic mass is 9.76. The first kappa shape index (κ1) is 11.4. The van der Waals surface area contributed by atoms with Crippen LogP contribution >= 0.6 is 0 Å². The third-order valence-electron chi connectivity index (χ3n) is 3.48. The van der Waals surface area contributed by atoms with Crippen LogP contribution in [0, 0.1) is 5.92 Å². The molecule has 1 aromatic rings. The maximum Gasteiger partial charge on any atom is 0.137 e. The van der Waals surface area contributed by atoms with Crippen molar-refractivity contribution in [2.75, 3.05) is 7.11 Å². The molecule has 0 bridgehead atoms. The second-order valence-corrected chi connectivity index (χ2v) is 4.89. The van der Waals surface area contributed by atoms with Crippen LogP contribution in [0.4, 0.5) is 0 Å². The molecule has 1 saturated carbocycles. The van der Waals surface area contributed by atoms with Gasteiger partial charge in [-0.2, -0.15) is 0 Å². The SMILES string of the molecule is COc1cncc(C(C)(O)CC2CCC2)c1. The predicted molar refractivity (Wildman–Crippen MR) is 62.3 cm³/mol. The molecule has 1 N–H and O–H groups in total. The molecule has 88 valence electrons. The van der Waals surface area contributed by atoms with Gasteiger partial charge in [-0.05, 0) is 25.3 Å². The first-order valence-corrected chi connectivity index (χ1v) is 5.84. The molecule has 3 nitrogen and oxygen atoms in total. The first-order valence-electron chi connectivity index (χ1n) is 5.84. The van der Waals surface area contributed by atoms with Crippen molar-refractivity contribution in [1.29, 1.82) is 0 Å². The molecule has 0 aromatic carbocycles. The molecular weight excluding hydrogens is 202 g/mol. The van der Waals surface area contributed by atoms with Gasteiger partial charge in [-0.1, -0.05) is 19.3 Å². The average Bonchev–Trinajstić information content (AvgIpc) is 2.24. The van der Waals surface area contributed by atoms with E-state index in [9.17, 15) is 5.11 Å². The minimum Gasteiger partial charge on any atom is -0.495 e. The summed E-state index contributed by atoms with van der Waals surface area (Å²) >= 11 is 0. The lowest BCUT2D eigenvalue weighted by Crippen LogP contribution is -2.28. The van der Waals surface area contributed by atoms with E-state index >= 15 is 0 Å². The van der Waals surface area contributed by atoms with E-state index in [0.717, 1.165) is 12.0 Å². The monoisotopic (exact) mass is 221 g/mol. The smallest absolute Gasteiger partial charge is 0.137 e. The Morgan fingerprint density at radius 1 is 1.50 bits per heavy atom. The number of aromatic nitrogens is 1. The van der Waals surface area contributed by atoms with E-state index in [1.165, 1.54) is 19.3 Å². The number of methoxy groups -OCH3 is 1. The molecule has 1 unspecified atom stereocenters.